The SMILES string of the molecule is COc1cc([C@@H]2C(=C(O)c3ccccc3)C(=O)C(=O)N2CCN(C)C)ccc1O. The number of nitrogens with zero attached hydrogens (tertiary/aromatic N) is 2. The molecule has 1 aliphatic rings. The molecule has 1 heterocycles. The van der Waals surface area contributed by atoms with Gasteiger partial charge in [-0.3, -0.25) is 9.59 Å². The number of rotatable bonds is 6. The first kappa shape index (κ1) is 20.4. The molecule has 0 spiro atoms. The Hall–Kier alpha value is -3.32. The van der Waals surface area contributed by atoms with Crippen LogP contribution in [-0.2, 0) is 9.59 Å². The Kier molecular flexibility index (Phi) is 5.89. The Morgan fingerprint density at radius 2 is 1.83 bits per heavy atom. The third kappa shape index (κ3) is 3.95. The number of benzene rings is 2. The van der Waals surface area contributed by atoms with Gasteiger partial charge in [-0.15, -0.1) is 0 Å². The zero-order valence-electron chi connectivity index (χ0n) is 16.6. The molecule has 1 fully saturated rings. The number of aromatic hydroxyl groups is 1. The fourth-order valence-electron chi connectivity index (χ4n) is 3.38. The van der Waals surface area contributed by atoms with E-state index >= 15 is 0 Å². The van der Waals surface area contributed by atoms with Gasteiger partial charge in [0.15, 0.2) is 11.5 Å². The van der Waals surface area contributed by atoms with E-state index in [1.807, 2.05) is 19.0 Å². The van der Waals surface area contributed by atoms with E-state index in [0.717, 1.165) is 0 Å². The molecule has 1 atom stereocenters. The van der Waals surface area contributed by atoms with Crippen molar-refractivity contribution in [3.05, 3.63) is 65.2 Å². The zero-order chi connectivity index (χ0) is 21.1. The number of carbonyl (C=O) groups excluding carboxylic acids is 2. The maximum Gasteiger partial charge on any atom is 0.295 e. The Morgan fingerprint density at radius 1 is 1.14 bits per heavy atom. The predicted octanol–water partition coefficient (Wildman–Crippen LogP) is 2.38. The minimum Gasteiger partial charge on any atom is -0.507 e. The Morgan fingerprint density at radius 3 is 2.45 bits per heavy atom. The van der Waals surface area contributed by atoms with E-state index in [1.54, 1.807) is 42.5 Å². The minimum atomic E-state index is -0.787. The average molecular weight is 396 g/mol. The molecule has 29 heavy (non-hydrogen) atoms. The molecule has 0 bridgehead atoms. The standard InChI is InChI=1S/C22H24N2O5/c1-23(2)11-12-24-19(15-9-10-16(25)17(13-15)29-3)18(21(27)22(24)28)20(26)14-7-5-4-6-8-14/h4-10,13,19,25-26H,11-12H2,1-3H3/t19-/m1/s1. The number of aliphatic hydroxyl groups is 1. The number of ketones is 1. The van der Waals surface area contributed by atoms with Crippen LogP contribution >= 0.6 is 0 Å². The van der Waals surface area contributed by atoms with Crippen molar-refractivity contribution in [1.29, 1.82) is 0 Å². The highest BCUT2D eigenvalue weighted by Crippen LogP contribution is 2.41. The third-order valence-electron chi connectivity index (χ3n) is 4.89. The lowest BCUT2D eigenvalue weighted by molar-refractivity contribution is -0.140. The first-order valence-electron chi connectivity index (χ1n) is 9.20. The molecule has 2 aromatic rings. The van der Waals surface area contributed by atoms with Gasteiger partial charge in [-0.05, 0) is 31.8 Å². The van der Waals surface area contributed by atoms with Gasteiger partial charge in [-0.25, -0.2) is 0 Å². The molecule has 0 radical (unpaired) electrons. The largest absolute Gasteiger partial charge is 0.507 e. The van der Waals surface area contributed by atoms with Crippen LogP contribution in [0.4, 0.5) is 0 Å². The van der Waals surface area contributed by atoms with Crippen LogP contribution in [0.3, 0.4) is 0 Å². The number of likely N-dealkylation sites (tertiary alicyclic amines) is 1. The molecule has 0 saturated carbocycles. The van der Waals surface area contributed by atoms with Crippen molar-refractivity contribution in [2.75, 3.05) is 34.3 Å². The van der Waals surface area contributed by atoms with Crippen molar-refractivity contribution in [2.24, 2.45) is 0 Å². The van der Waals surface area contributed by atoms with Crippen LogP contribution < -0.4 is 4.74 Å². The molecular formula is C22H24N2O5. The summed E-state index contributed by atoms with van der Waals surface area (Å²) in [5.74, 6) is -1.46. The van der Waals surface area contributed by atoms with Crippen LogP contribution in [-0.4, -0.2) is 66.0 Å². The maximum atomic E-state index is 12.9. The average Bonchev–Trinajstić information content (AvgIpc) is 2.97. The van der Waals surface area contributed by atoms with Crippen LogP contribution in [0.15, 0.2) is 54.1 Å². The van der Waals surface area contributed by atoms with E-state index in [4.69, 9.17) is 4.74 Å². The van der Waals surface area contributed by atoms with E-state index in [9.17, 15) is 19.8 Å². The van der Waals surface area contributed by atoms with E-state index < -0.39 is 17.7 Å². The van der Waals surface area contributed by atoms with Crippen molar-refractivity contribution in [3.63, 3.8) is 0 Å². The second-order valence-corrected chi connectivity index (χ2v) is 7.09. The Bertz CT molecular complexity index is 953. The fourth-order valence-corrected chi connectivity index (χ4v) is 3.38. The second-order valence-electron chi connectivity index (χ2n) is 7.09. The first-order valence-corrected chi connectivity index (χ1v) is 9.20. The highest BCUT2D eigenvalue weighted by Gasteiger charge is 2.46. The van der Waals surface area contributed by atoms with Gasteiger partial charge in [0.25, 0.3) is 11.7 Å². The molecule has 7 nitrogen and oxygen atoms in total. The molecule has 0 aliphatic carbocycles. The molecule has 1 aliphatic heterocycles. The number of hydrogen-bond acceptors (Lipinski definition) is 6. The summed E-state index contributed by atoms with van der Waals surface area (Å²) in [4.78, 5) is 29.0. The number of aliphatic hydroxyl groups excluding tert-OH is 1. The summed E-state index contributed by atoms with van der Waals surface area (Å²) >= 11 is 0. The molecule has 3 rings (SSSR count). The van der Waals surface area contributed by atoms with Gasteiger partial charge in [-0.2, -0.15) is 0 Å². The molecule has 0 aromatic heterocycles. The molecule has 0 unspecified atom stereocenters. The number of ether oxygens (including phenoxy) is 1. The van der Waals surface area contributed by atoms with Gasteiger partial charge in [0, 0.05) is 18.7 Å². The number of hydrogen-bond donors (Lipinski definition) is 2. The molecule has 2 N–H and O–H groups in total. The normalized spacial score (nSPS) is 18.5. The van der Waals surface area contributed by atoms with Crippen molar-refractivity contribution in [1.82, 2.24) is 9.80 Å². The zero-order valence-corrected chi connectivity index (χ0v) is 16.6. The van der Waals surface area contributed by atoms with Crippen molar-refractivity contribution >= 4 is 17.4 Å². The van der Waals surface area contributed by atoms with Crippen LogP contribution in [0.25, 0.3) is 5.76 Å². The number of likely N-dealkylation sites (N-methyl/N-ethyl adjacent to an activating group) is 1. The Balaban J connectivity index is 2.17. The molecule has 7 heteroatoms. The van der Waals surface area contributed by atoms with Crippen LogP contribution in [0.5, 0.6) is 11.5 Å². The summed E-state index contributed by atoms with van der Waals surface area (Å²) in [5, 5.41) is 20.8. The molecule has 1 saturated heterocycles. The Labute approximate surface area is 169 Å². The number of phenols is 1. The lowest BCUT2D eigenvalue weighted by atomic mass is 9.95. The van der Waals surface area contributed by atoms with Gasteiger partial charge >= 0.3 is 0 Å². The van der Waals surface area contributed by atoms with E-state index in [0.29, 0.717) is 24.2 Å². The number of methoxy groups -OCH3 is 1. The lowest BCUT2D eigenvalue weighted by Gasteiger charge is -2.27. The summed E-state index contributed by atoms with van der Waals surface area (Å²) in [6.07, 6.45) is 0. The molecule has 1 amide bonds. The highest BCUT2D eigenvalue weighted by molar-refractivity contribution is 6.46. The highest BCUT2D eigenvalue weighted by atomic mass is 16.5. The predicted molar refractivity (Wildman–Crippen MR) is 109 cm³/mol. The van der Waals surface area contributed by atoms with Gasteiger partial charge in [0.2, 0.25) is 0 Å². The molecule has 2 aromatic carbocycles. The van der Waals surface area contributed by atoms with Crippen LogP contribution in [0.2, 0.25) is 0 Å². The summed E-state index contributed by atoms with van der Waals surface area (Å²) < 4.78 is 5.19. The van der Waals surface area contributed by atoms with Crippen LogP contribution in [0.1, 0.15) is 17.2 Å². The van der Waals surface area contributed by atoms with Gasteiger partial charge in [0.05, 0.1) is 18.7 Å². The quantitative estimate of drug-likeness (QED) is 0.443. The van der Waals surface area contributed by atoms with Gasteiger partial charge in [0.1, 0.15) is 5.76 Å². The van der Waals surface area contributed by atoms with Gasteiger partial charge < -0.3 is 24.7 Å². The van der Waals surface area contributed by atoms with Gasteiger partial charge in [-0.1, -0.05) is 36.4 Å². The number of carbonyl (C=O) groups is 2. The topological polar surface area (TPSA) is 90.3 Å². The molecular weight excluding hydrogens is 372 g/mol. The second kappa shape index (κ2) is 8.36. The summed E-state index contributed by atoms with van der Waals surface area (Å²) in [6.45, 7) is 0.848. The maximum absolute atomic E-state index is 12.9. The summed E-state index contributed by atoms with van der Waals surface area (Å²) in [7, 11) is 5.17. The smallest absolute Gasteiger partial charge is 0.295 e. The van der Waals surface area contributed by atoms with Crippen LogP contribution in [0, 0.1) is 0 Å². The van der Waals surface area contributed by atoms with Crippen molar-refractivity contribution in [2.45, 2.75) is 6.04 Å². The molecule has 152 valence electrons. The third-order valence-corrected chi connectivity index (χ3v) is 4.89. The van der Waals surface area contributed by atoms with E-state index in [1.165, 1.54) is 18.1 Å². The first-order chi connectivity index (χ1) is 13.8. The summed E-state index contributed by atoms with van der Waals surface area (Å²) in [5.41, 5.74) is 1.04. The monoisotopic (exact) mass is 396 g/mol. The fraction of sp³-hybridized carbons (Fsp3) is 0.273. The van der Waals surface area contributed by atoms with Crippen molar-refractivity contribution in [3.8, 4) is 11.5 Å². The minimum absolute atomic E-state index is 0.0210. The van der Waals surface area contributed by atoms with Crippen molar-refractivity contribution < 1.29 is 24.5 Å². The van der Waals surface area contributed by atoms with E-state index in [-0.39, 0.29) is 22.8 Å². The number of phenolic OH excluding ortho intramolecular Hbond substituents is 1. The lowest BCUT2D eigenvalue weighted by Crippen LogP contribution is -2.35. The summed E-state index contributed by atoms with van der Waals surface area (Å²) in [6, 6.07) is 12.5. The van der Waals surface area contributed by atoms with E-state index in [2.05, 4.69) is 0 Å². The number of amides is 1. The number of Topliss-reactive ketones (excluding diaryl/α,β-unsaturated/α-hetero) is 1.